The second-order valence-electron chi connectivity index (χ2n) is 6.69. The van der Waals surface area contributed by atoms with Gasteiger partial charge in [0.2, 0.25) is 10.0 Å². The van der Waals surface area contributed by atoms with Crippen molar-refractivity contribution in [1.29, 1.82) is 0 Å². The van der Waals surface area contributed by atoms with E-state index in [1.54, 1.807) is 16.4 Å². The summed E-state index contributed by atoms with van der Waals surface area (Å²) in [7, 11) is -3.62. The zero-order valence-corrected chi connectivity index (χ0v) is 15.4. The highest BCUT2D eigenvalue weighted by molar-refractivity contribution is 7.89. The fourth-order valence-electron chi connectivity index (χ4n) is 3.02. The van der Waals surface area contributed by atoms with Gasteiger partial charge in [0, 0.05) is 18.2 Å². The van der Waals surface area contributed by atoms with E-state index in [1.807, 2.05) is 37.3 Å². The Morgan fingerprint density at radius 1 is 1.08 bits per heavy atom. The quantitative estimate of drug-likeness (QED) is 0.707. The van der Waals surface area contributed by atoms with E-state index in [2.05, 4.69) is 0 Å². The Hall–Kier alpha value is -1.98. The molecule has 1 aliphatic carbocycles. The normalized spacial score (nSPS) is 16.0. The van der Waals surface area contributed by atoms with E-state index in [-0.39, 0.29) is 16.7 Å². The number of rotatable bonds is 7. The first-order valence-electron chi connectivity index (χ1n) is 8.56. The average Bonchev–Trinajstić information content (AvgIpc) is 3.45. The van der Waals surface area contributed by atoms with Gasteiger partial charge in [-0.25, -0.2) is 8.42 Å². The molecular formula is C20H23NO3S. The van der Waals surface area contributed by atoms with Crippen molar-refractivity contribution in [2.75, 3.05) is 0 Å². The van der Waals surface area contributed by atoms with E-state index in [4.69, 9.17) is 0 Å². The third kappa shape index (κ3) is 3.99. The van der Waals surface area contributed by atoms with Crippen molar-refractivity contribution in [3.05, 3.63) is 65.7 Å². The molecule has 0 unspecified atom stereocenters. The lowest BCUT2D eigenvalue weighted by atomic mass is 10.2. The van der Waals surface area contributed by atoms with Crippen LogP contribution in [0.3, 0.4) is 0 Å². The monoisotopic (exact) mass is 357 g/mol. The number of sulfonamides is 1. The molecule has 132 valence electrons. The van der Waals surface area contributed by atoms with Crippen LogP contribution >= 0.6 is 0 Å². The SMILES string of the molecule is CC(=O)c1ccc(S(=O)(=O)N(Cc2ccccc2)[C@@H](C)C2CC2)cc1. The van der Waals surface area contributed by atoms with Crippen molar-refractivity contribution in [2.24, 2.45) is 5.92 Å². The molecule has 4 nitrogen and oxygen atoms in total. The van der Waals surface area contributed by atoms with Crippen LogP contribution in [-0.2, 0) is 16.6 Å². The van der Waals surface area contributed by atoms with Gasteiger partial charge in [0.25, 0.3) is 0 Å². The summed E-state index contributed by atoms with van der Waals surface area (Å²) in [6, 6.07) is 15.8. The van der Waals surface area contributed by atoms with Crippen LogP contribution in [0.5, 0.6) is 0 Å². The Bertz CT molecular complexity index is 840. The molecule has 0 saturated heterocycles. The van der Waals surface area contributed by atoms with Crippen LogP contribution < -0.4 is 0 Å². The van der Waals surface area contributed by atoms with Gasteiger partial charge in [0.05, 0.1) is 4.90 Å². The maximum absolute atomic E-state index is 13.2. The summed E-state index contributed by atoms with van der Waals surface area (Å²) in [5.41, 5.74) is 1.49. The summed E-state index contributed by atoms with van der Waals surface area (Å²) >= 11 is 0. The van der Waals surface area contributed by atoms with E-state index in [0.29, 0.717) is 18.0 Å². The maximum Gasteiger partial charge on any atom is 0.243 e. The van der Waals surface area contributed by atoms with Crippen LogP contribution in [-0.4, -0.2) is 24.5 Å². The Kier molecular flexibility index (Phi) is 5.06. The predicted octanol–water partition coefficient (Wildman–Crippen LogP) is 3.88. The van der Waals surface area contributed by atoms with Gasteiger partial charge < -0.3 is 0 Å². The number of hydrogen-bond acceptors (Lipinski definition) is 3. The fraction of sp³-hybridized carbons (Fsp3) is 0.350. The topological polar surface area (TPSA) is 54.5 Å². The summed E-state index contributed by atoms with van der Waals surface area (Å²) in [5.74, 6) is 0.353. The summed E-state index contributed by atoms with van der Waals surface area (Å²) in [4.78, 5) is 11.7. The molecule has 1 fully saturated rings. The van der Waals surface area contributed by atoms with E-state index in [1.165, 1.54) is 19.1 Å². The highest BCUT2D eigenvalue weighted by atomic mass is 32.2. The zero-order valence-electron chi connectivity index (χ0n) is 14.6. The van der Waals surface area contributed by atoms with Crippen LogP contribution in [0.25, 0.3) is 0 Å². The van der Waals surface area contributed by atoms with Gasteiger partial charge in [-0.15, -0.1) is 0 Å². The van der Waals surface area contributed by atoms with Crippen LogP contribution in [0.1, 0.15) is 42.6 Å². The second-order valence-corrected chi connectivity index (χ2v) is 8.59. The van der Waals surface area contributed by atoms with Crippen LogP contribution in [0.4, 0.5) is 0 Å². The number of Topliss-reactive ketones (excluding diaryl/α,β-unsaturated/α-hetero) is 1. The number of hydrogen-bond donors (Lipinski definition) is 0. The molecule has 0 aromatic heterocycles. The second kappa shape index (κ2) is 7.10. The molecule has 0 spiro atoms. The highest BCUT2D eigenvalue weighted by Gasteiger charge is 2.38. The first-order chi connectivity index (χ1) is 11.9. The number of nitrogens with zero attached hydrogens (tertiary/aromatic N) is 1. The van der Waals surface area contributed by atoms with E-state index in [0.717, 1.165) is 18.4 Å². The molecule has 1 atom stereocenters. The summed E-state index contributed by atoms with van der Waals surface area (Å²) < 4.78 is 28.1. The highest BCUT2D eigenvalue weighted by Crippen LogP contribution is 2.37. The van der Waals surface area contributed by atoms with Crippen molar-refractivity contribution in [3.63, 3.8) is 0 Å². The fourth-order valence-corrected chi connectivity index (χ4v) is 4.70. The Morgan fingerprint density at radius 2 is 1.68 bits per heavy atom. The van der Waals surface area contributed by atoms with Crippen molar-refractivity contribution in [1.82, 2.24) is 4.31 Å². The van der Waals surface area contributed by atoms with Gasteiger partial charge in [-0.3, -0.25) is 4.79 Å². The molecule has 0 bridgehead atoms. The molecule has 0 aliphatic heterocycles. The van der Waals surface area contributed by atoms with Crippen LogP contribution in [0, 0.1) is 5.92 Å². The summed E-state index contributed by atoms with van der Waals surface area (Å²) in [6.45, 7) is 3.82. The number of carbonyl (C=O) groups excluding carboxylic acids is 1. The molecule has 5 heteroatoms. The van der Waals surface area contributed by atoms with E-state index >= 15 is 0 Å². The average molecular weight is 357 g/mol. The molecule has 2 aromatic rings. The molecule has 0 N–H and O–H groups in total. The molecule has 0 amide bonds. The lowest BCUT2D eigenvalue weighted by Crippen LogP contribution is -2.39. The zero-order chi connectivity index (χ0) is 18.0. The third-order valence-electron chi connectivity index (χ3n) is 4.81. The lowest BCUT2D eigenvalue weighted by Gasteiger charge is -2.28. The molecule has 1 aliphatic rings. The first kappa shape index (κ1) is 17.8. The molecule has 25 heavy (non-hydrogen) atoms. The first-order valence-corrected chi connectivity index (χ1v) is 10.0. The number of ketones is 1. The summed E-state index contributed by atoms with van der Waals surface area (Å²) in [5, 5.41) is 0. The largest absolute Gasteiger partial charge is 0.295 e. The number of benzene rings is 2. The van der Waals surface area contributed by atoms with Gasteiger partial charge in [-0.05, 0) is 50.3 Å². The van der Waals surface area contributed by atoms with Crippen molar-refractivity contribution < 1.29 is 13.2 Å². The molecule has 2 aromatic carbocycles. The minimum Gasteiger partial charge on any atom is -0.295 e. The Morgan fingerprint density at radius 3 is 2.20 bits per heavy atom. The minimum absolute atomic E-state index is 0.0438. The van der Waals surface area contributed by atoms with Gasteiger partial charge in [0.15, 0.2) is 5.78 Å². The van der Waals surface area contributed by atoms with Gasteiger partial charge >= 0.3 is 0 Å². The smallest absolute Gasteiger partial charge is 0.243 e. The molecule has 3 rings (SSSR count). The molecule has 0 radical (unpaired) electrons. The number of carbonyl (C=O) groups is 1. The van der Waals surface area contributed by atoms with Gasteiger partial charge in [0.1, 0.15) is 0 Å². The maximum atomic E-state index is 13.2. The van der Waals surface area contributed by atoms with Crippen LogP contribution in [0.2, 0.25) is 0 Å². The van der Waals surface area contributed by atoms with E-state index < -0.39 is 10.0 Å². The van der Waals surface area contributed by atoms with Crippen molar-refractivity contribution >= 4 is 15.8 Å². The predicted molar refractivity (Wildman–Crippen MR) is 97.8 cm³/mol. The minimum atomic E-state index is -3.62. The summed E-state index contributed by atoms with van der Waals surface area (Å²) in [6.07, 6.45) is 2.15. The van der Waals surface area contributed by atoms with Gasteiger partial charge in [-0.2, -0.15) is 4.31 Å². The molecule has 1 saturated carbocycles. The standard InChI is InChI=1S/C20H23NO3S/c1-15(18-8-9-18)21(14-17-6-4-3-5-7-17)25(23,24)20-12-10-19(11-13-20)16(2)22/h3-7,10-13,15,18H,8-9,14H2,1-2H3/t15-/m0/s1. The lowest BCUT2D eigenvalue weighted by molar-refractivity contribution is 0.101. The van der Waals surface area contributed by atoms with Gasteiger partial charge in [-0.1, -0.05) is 42.5 Å². The Balaban J connectivity index is 1.94. The van der Waals surface area contributed by atoms with Crippen molar-refractivity contribution in [3.8, 4) is 0 Å². The van der Waals surface area contributed by atoms with Crippen LogP contribution in [0.15, 0.2) is 59.5 Å². The molecule has 0 heterocycles. The van der Waals surface area contributed by atoms with Crippen molar-refractivity contribution in [2.45, 2.75) is 44.2 Å². The Labute approximate surface area is 149 Å². The van der Waals surface area contributed by atoms with E-state index in [9.17, 15) is 13.2 Å². The molecular weight excluding hydrogens is 334 g/mol. The third-order valence-corrected chi connectivity index (χ3v) is 6.75.